The number of pyridine rings is 1. The highest BCUT2D eigenvalue weighted by Crippen LogP contribution is 2.42. The molecule has 3 aliphatic heterocycles. The van der Waals surface area contributed by atoms with Crippen LogP contribution in [0.1, 0.15) is 54.4 Å². The Bertz CT molecular complexity index is 2020. The number of alkyl halides is 3. The van der Waals surface area contributed by atoms with Gasteiger partial charge in [0.05, 0.1) is 24.5 Å². The molecule has 2 atom stereocenters. The number of rotatable bonds is 5. The Morgan fingerprint density at radius 1 is 1.12 bits per heavy atom. The van der Waals surface area contributed by atoms with Crippen molar-refractivity contribution >= 4 is 34.5 Å². The third-order valence-electron chi connectivity index (χ3n) is 9.17. The number of halogens is 4. The number of ether oxygens (including phenoxy) is 1. The standard InChI is InChI=1S/C32H32F4N8O4/c1-17-15-20(32(34,35)36)3-4-22(17)38-29(46)23-16-18(2)24-25(41-9-11-42(12-10-41)28-26(45)21(33)5-8-37-28)30(47)44-31(43(23)24)39-27(40-44)19-6-13-48-14-7-19/h3-6,8,15,18,23,45H,7,9-14,16H2,1-2H3,(H,38,46)/t18-,23-/m1/s1. The van der Waals surface area contributed by atoms with Crippen molar-refractivity contribution in [2.24, 2.45) is 0 Å². The second kappa shape index (κ2) is 11.9. The molecule has 1 saturated heterocycles. The molecule has 3 aliphatic rings. The van der Waals surface area contributed by atoms with Gasteiger partial charge in [0.15, 0.2) is 23.2 Å². The molecule has 0 radical (unpaired) electrons. The number of aryl methyl sites for hydroxylation is 1. The summed E-state index contributed by atoms with van der Waals surface area (Å²) in [5.41, 5.74) is 1.03. The molecular weight excluding hydrogens is 636 g/mol. The van der Waals surface area contributed by atoms with E-state index < -0.39 is 40.8 Å². The highest BCUT2D eigenvalue weighted by Gasteiger charge is 2.41. The van der Waals surface area contributed by atoms with Crippen LogP contribution in [-0.4, -0.2) is 74.6 Å². The fourth-order valence-electron chi connectivity index (χ4n) is 6.74. The van der Waals surface area contributed by atoms with Crippen molar-refractivity contribution in [2.45, 2.75) is 44.8 Å². The Labute approximate surface area is 271 Å². The predicted molar refractivity (Wildman–Crippen MR) is 168 cm³/mol. The molecule has 1 aromatic carbocycles. The molecule has 7 rings (SSSR count). The zero-order chi connectivity index (χ0) is 33.9. The summed E-state index contributed by atoms with van der Waals surface area (Å²) in [6.07, 6.45) is -0.548. The molecule has 0 spiro atoms. The van der Waals surface area contributed by atoms with Crippen molar-refractivity contribution in [1.82, 2.24) is 24.1 Å². The van der Waals surface area contributed by atoms with Gasteiger partial charge in [-0.2, -0.15) is 22.7 Å². The summed E-state index contributed by atoms with van der Waals surface area (Å²) in [5, 5.41) is 17.6. The highest BCUT2D eigenvalue weighted by atomic mass is 19.4. The van der Waals surface area contributed by atoms with Gasteiger partial charge in [0, 0.05) is 44.0 Å². The Hall–Kier alpha value is -4.99. The summed E-state index contributed by atoms with van der Waals surface area (Å²) in [5.74, 6) is -1.43. The smallest absolute Gasteiger partial charge is 0.416 e. The average molecular weight is 669 g/mol. The second-order valence-corrected chi connectivity index (χ2v) is 12.2. The lowest BCUT2D eigenvalue weighted by Gasteiger charge is -2.37. The molecule has 1 fully saturated rings. The lowest BCUT2D eigenvalue weighted by atomic mass is 10.0. The van der Waals surface area contributed by atoms with Crippen molar-refractivity contribution in [3.8, 4) is 5.75 Å². The molecule has 4 aromatic rings. The van der Waals surface area contributed by atoms with E-state index in [4.69, 9.17) is 9.72 Å². The van der Waals surface area contributed by atoms with Gasteiger partial charge in [0.25, 0.3) is 5.56 Å². The molecule has 6 heterocycles. The maximum absolute atomic E-state index is 14.3. The highest BCUT2D eigenvalue weighted by molar-refractivity contribution is 5.95. The molecule has 2 N–H and O–H groups in total. The van der Waals surface area contributed by atoms with Gasteiger partial charge in [-0.1, -0.05) is 13.0 Å². The molecule has 0 aliphatic carbocycles. The summed E-state index contributed by atoms with van der Waals surface area (Å²) < 4.78 is 62.3. The largest absolute Gasteiger partial charge is 0.502 e. The number of piperazine rings is 1. The van der Waals surface area contributed by atoms with Crippen LogP contribution in [0.3, 0.4) is 0 Å². The van der Waals surface area contributed by atoms with Crippen LogP contribution >= 0.6 is 0 Å². The third kappa shape index (κ3) is 5.42. The number of carbonyl (C=O) groups excluding carboxylic acids is 1. The molecule has 48 heavy (non-hydrogen) atoms. The predicted octanol–water partition coefficient (Wildman–Crippen LogP) is 4.28. The average Bonchev–Trinajstić information content (AvgIpc) is 3.66. The quantitative estimate of drug-likeness (QED) is 0.300. The van der Waals surface area contributed by atoms with Gasteiger partial charge in [-0.15, -0.1) is 5.10 Å². The molecule has 16 heteroatoms. The van der Waals surface area contributed by atoms with Crippen molar-refractivity contribution in [2.75, 3.05) is 54.5 Å². The van der Waals surface area contributed by atoms with Crippen LogP contribution in [0.2, 0.25) is 0 Å². The van der Waals surface area contributed by atoms with E-state index in [1.807, 2.05) is 17.9 Å². The van der Waals surface area contributed by atoms with Gasteiger partial charge >= 0.3 is 6.18 Å². The fraction of sp³-hybridized carbons (Fsp3) is 0.406. The number of hydrogen-bond donors (Lipinski definition) is 2. The van der Waals surface area contributed by atoms with Crippen LogP contribution in [0.5, 0.6) is 5.75 Å². The number of anilines is 3. The number of hydrogen-bond acceptors (Lipinski definition) is 9. The van der Waals surface area contributed by atoms with Crippen LogP contribution < -0.4 is 20.7 Å². The number of carbonyl (C=O) groups is 1. The van der Waals surface area contributed by atoms with Crippen LogP contribution in [-0.2, 0) is 15.7 Å². The van der Waals surface area contributed by atoms with Gasteiger partial charge in [-0.25, -0.2) is 9.37 Å². The molecule has 12 nitrogen and oxygen atoms in total. The normalized spacial score (nSPS) is 19.8. The molecule has 0 saturated carbocycles. The lowest BCUT2D eigenvalue weighted by Crippen LogP contribution is -2.49. The topological polar surface area (TPSA) is 130 Å². The van der Waals surface area contributed by atoms with Gasteiger partial charge < -0.3 is 25.0 Å². The number of amides is 1. The molecule has 0 bridgehead atoms. The van der Waals surface area contributed by atoms with Crippen molar-refractivity contribution in [1.29, 1.82) is 0 Å². The summed E-state index contributed by atoms with van der Waals surface area (Å²) >= 11 is 0. The minimum atomic E-state index is -4.52. The summed E-state index contributed by atoms with van der Waals surface area (Å²) in [6.45, 7) is 5.54. The number of benzene rings is 1. The second-order valence-electron chi connectivity index (χ2n) is 12.2. The van der Waals surface area contributed by atoms with Gasteiger partial charge in [-0.3, -0.25) is 14.2 Å². The van der Waals surface area contributed by atoms with E-state index in [9.17, 15) is 32.3 Å². The first-order valence-corrected chi connectivity index (χ1v) is 15.6. The van der Waals surface area contributed by atoms with Crippen molar-refractivity contribution < 1.29 is 32.2 Å². The van der Waals surface area contributed by atoms with Gasteiger partial charge in [0.2, 0.25) is 11.7 Å². The van der Waals surface area contributed by atoms with Gasteiger partial charge in [-0.05, 0) is 55.2 Å². The maximum Gasteiger partial charge on any atom is 0.416 e. The number of aromatic hydroxyl groups is 1. The van der Waals surface area contributed by atoms with Crippen LogP contribution in [0.15, 0.2) is 41.3 Å². The van der Waals surface area contributed by atoms with Crippen molar-refractivity contribution in [3.63, 3.8) is 0 Å². The Balaban J connectivity index is 1.28. The first-order chi connectivity index (χ1) is 22.9. The van der Waals surface area contributed by atoms with Crippen LogP contribution in [0, 0.1) is 12.7 Å². The third-order valence-corrected chi connectivity index (χ3v) is 9.17. The Kier molecular flexibility index (Phi) is 7.84. The van der Waals surface area contributed by atoms with E-state index in [0.717, 1.165) is 23.8 Å². The van der Waals surface area contributed by atoms with E-state index in [1.54, 1.807) is 9.47 Å². The number of aromatic nitrogens is 5. The summed E-state index contributed by atoms with van der Waals surface area (Å²) in [6, 6.07) is 3.36. The van der Waals surface area contributed by atoms with E-state index in [2.05, 4.69) is 15.4 Å². The van der Waals surface area contributed by atoms with Crippen LogP contribution in [0.4, 0.5) is 34.8 Å². The Morgan fingerprint density at radius 2 is 1.88 bits per heavy atom. The van der Waals surface area contributed by atoms with E-state index in [0.29, 0.717) is 69.4 Å². The molecular formula is C32H32F4N8O4. The lowest BCUT2D eigenvalue weighted by molar-refractivity contribution is -0.137. The monoisotopic (exact) mass is 668 g/mol. The zero-order valence-corrected chi connectivity index (χ0v) is 26.1. The molecule has 1 amide bonds. The summed E-state index contributed by atoms with van der Waals surface area (Å²) in [4.78, 5) is 40.7. The Morgan fingerprint density at radius 3 is 2.56 bits per heavy atom. The molecule has 0 unspecified atom stereocenters. The van der Waals surface area contributed by atoms with E-state index in [1.165, 1.54) is 23.7 Å². The fourth-order valence-corrected chi connectivity index (χ4v) is 6.74. The van der Waals surface area contributed by atoms with E-state index >= 15 is 0 Å². The minimum absolute atomic E-state index is 0.112. The van der Waals surface area contributed by atoms with Gasteiger partial charge in [0.1, 0.15) is 11.7 Å². The first kappa shape index (κ1) is 31.6. The van der Waals surface area contributed by atoms with Crippen molar-refractivity contribution in [3.05, 3.63) is 75.4 Å². The number of nitrogens with zero attached hydrogens (tertiary/aromatic N) is 7. The van der Waals surface area contributed by atoms with Crippen LogP contribution in [0.25, 0.3) is 11.4 Å². The summed E-state index contributed by atoms with van der Waals surface area (Å²) in [7, 11) is 0. The zero-order valence-electron chi connectivity index (χ0n) is 26.1. The first-order valence-electron chi connectivity index (χ1n) is 15.6. The molecule has 252 valence electrons. The molecule has 3 aromatic heterocycles. The van der Waals surface area contributed by atoms with E-state index in [-0.39, 0.29) is 28.8 Å². The number of nitrogens with one attached hydrogen (secondary N) is 1. The number of fused-ring (bicyclic) bond motifs is 3. The minimum Gasteiger partial charge on any atom is -0.502 e. The maximum atomic E-state index is 14.3. The SMILES string of the molecule is Cc1cc(C(F)(F)F)ccc1NC(=O)[C@H]1C[C@@H](C)c2c(N3CCN(c4nccc(F)c4O)CC3)c(=O)n3nc(C4=CCOCC4)nc3n21.